The van der Waals surface area contributed by atoms with Crippen molar-refractivity contribution in [1.82, 2.24) is 4.90 Å². The van der Waals surface area contributed by atoms with E-state index in [0.717, 1.165) is 25.9 Å². The van der Waals surface area contributed by atoms with Crippen LogP contribution < -0.4 is 0 Å². The van der Waals surface area contributed by atoms with Crippen molar-refractivity contribution in [1.29, 1.82) is 0 Å². The highest BCUT2D eigenvalue weighted by atomic mass is 16.1. The van der Waals surface area contributed by atoms with Crippen molar-refractivity contribution in [3.8, 4) is 0 Å². The third kappa shape index (κ3) is 3.42. The zero-order valence-corrected chi connectivity index (χ0v) is 11.4. The Morgan fingerprint density at radius 3 is 2.67 bits per heavy atom. The normalized spacial score (nSPS) is 25.3. The Bertz CT molecular complexity index is 387. The molecule has 0 spiro atoms. The predicted molar refractivity (Wildman–Crippen MR) is 74.6 cm³/mol. The summed E-state index contributed by atoms with van der Waals surface area (Å²) >= 11 is 0. The van der Waals surface area contributed by atoms with Crippen molar-refractivity contribution >= 4 is 5.78 Å². The maximum absolute atomic E-state index is 11.6. The molecule has 18 heavy (non-hydrogen) atoms. The Hall–Kier alpha value is -1.15. The lowest BCUT2D eigenvalue weighted by atomic mass is 9.93. The van der Waals surface area contributed by atoms with Gasteiger partial charge in [0.15, 0.2) is 0 Å². The SMILES string of the molecule is CC1CN(CCCc2ccccc2)C(C)CC1=O. The van der Waals surface area contributed by atoms with E-state index in [4.69, 9.17) is 0 Å². The molecule has 2 nitrogen and oxygen atoms in total. The number of carbonyl (C=O) groups is 1. The van der Waals surface area contributed by atoms with Crippen molar-refractivity contribution in [3.63, 3.8) is 0 Å². The van der Waals surface area contributed by atoms with Crippen LogP contribution in [-0.4, -0.2) is 29.8 Å². The first-order chi connectivity index (χ1) is 8.66. The summed E-state index contributed by atoms with van der Waals surface area (Å²) in [4.78, 5) is 14.1. The molecular formula is C16H23NO. The molecule has 2 heteroatoms. The molecule has 1 aliphatic heterocycles. The van der Waals surface area contributed by atoms with Crippen LogP contribution in [-0.2, 0) is 11.2 Å². The predicted octanol–water partition coefficient (Wildman–Crippen LogP) is 2.92. The van der Waals surface area contributed by atoms with Crippen LogP contribution in [0.15, 0.2) is 30.3 Å². The van der Waals surface area contributed by atoms with E-state index >= 15 is 0 Å². The Labute approximate surface area is 110 Å². The highest BCUT2D eigenvalue weighted by Gasteiger charge is 2.28. The number of ketones is 1. The van der Waals surface area contributed by atoms with Crippen LogP contribution in [0.4, 0.5) is 0 Å². The Balaban J connectivity index is 1.78. The average molecular weight is 245 g/mol. The molecule has 2 atom stereocenters. The van der Waals surface area contributed by atoms with Crippen molar-refractivity contribution in [2.24, 2.45) is 5.92 Å². The average Bonchev–Trinajstić information content (AvgIpc) is 2.37. The lowest BCUT2D eigenvalue weighted by Gasteiger charge is -2.35. The van der Waals surface area contributed by atoms with Gasteiger partial charge in [-0.25, -0.2) is 0 Å². The maximum atomic E-state index is 11.6. The molecule has 0 saturated carbocycles. The Morgan fingerprint density at radius 2 is 1.94 bits per heavy atom. The molecule has 1 aliphatic rings. The van der Waals surface area contributed by atoms with Gasteiger partial charge in [-0.05, 0) is 31.9 Å². The standard InChI is InChI=1S/C16H23NO/c1-13-12-17(14(2)11-16(13)18)10-6-9-15-7-4-3-5-8-15/h3-5,7-8,13-14H,6,9-12H2,1-2H3. The monoisotopic (exact) mass is 245 g/mol. The number of benzene rings is 1. The quantitative estimate of drug-likeness (QED) is 0.813. The number of likely N-dealkylation sites (tertiary alicyclic amines) is 1. The number of aryl methyl sites for hydroxylation is 1. The van der Waals surface area contributed by atoms with Gasteiger partial charge in [0.25, 0.3) is 0 Å². The zero-order valence-electron chi connectivity index (χ0n) is 11.4. The van der Waals surface area contributed by atoms with Crippen molar-refractivity contribution in [2.75, 3.05) is 13.1 Å². The van der Waals surface area contributed by atoms with E-state index in [-0.39, 0.29) is 5.92 Å². The molecule has 0 N–H and O–H groups in total. The summed E-state index contributed by atoms with van der Waals surface area (Å²) in [6.45, 7) is 6.27. The van der Waals surface area contributed by atoms with E-state index in [9.17, 15) is 4.79 Å². The third-order valence-electron chi connectivity index (χ3n) is 3.93. The van der Waals surface area contributed by atoms with Gasteiger partial charge in [0.05, 0.1) is 0 Å². The minimum Gasteiger partial charge on any atom is -0.300 e. The molecule has 1 aromatic carbocycles. The summed E-state index contributed by atoms with van der Waals surface area (Å²) in [5.41, 5.74) is 1.41. The second-order valence-corrected chi connectivity index (χ2v) is 5.50. The number of hydrogen-bond donors (Lipinski definition) is 0. The van der Waals surface area contributed by atoms with Crippen LogP contribution in [0.25, 0.3) is 0 Å². The fourth-order valence-corrected chi connectivity index (χ4v) is 2.70. The van der Waals surface area contributed by atoms with Crippen LogP contribution >= 0.6 is 0 Å². The molecule has 0 aliphatic carbocycles. The molecular weight excluding hydrogens is 222 g/mol. The first-order valence-corrected chi connectivity index (χ1v) is 6.97. The molecule has 98 valence electrons. The van der Waals surface area contributed by atoms with Gasteiger partial charge >= 0.3 is 0 Å². The smallest absolute Gasteiger partial charge is 0.138 e. The largest absolute Gasteiger partial charge is 0.300 e. The van der Waals surface area contributed by atoms with Gasteiger partial charge < -0.3 is 0 Å². The van der Waals surface area contributed by atoms with E-state index in [1.54, 1.807) is 0 Å². The Kier molecular flexibility index (Phi) is 4.54. The number of hydrogen-bond acceptors (Lipinski definition) is 2. The van der Waals surface area contributed by atoms with Crippen molar-refractivity contribution < 1.29 is 4.79 Å². The number of Topliss-reactive ketones (excluding diaryl/α,β-unsaturated/α-hetero) is 1. The van der Waals surface area contributed by atoms with Crippen molar-refractivity contribution in [2.45, 2.75) is 39.2 Å². The van der Waals surface area contributed by atoms with Crippen molar-refractivity contribution in [3.05, 3.63) is 35.9 Å². The van der Waals surface area contributed by atoms with Crippen LogP contribution in [0.3, 0.4) is 0 Å². The fourth-order valence-electron chi connectivity index (χ4n) is 2.70. The molecule has 1 aromatic rings. The van der Waals surface area contributed by atoms with E-state index in [0.29, 0.717) is 11.8 Å². The van der Waals surface area contributed by atoms with Crippen LogP contribution in [0, 0.1) is 5.92 Å². The highest BCUT2D eigenvalue weighted by Crippen LogP contribution is 2.19. The van der Waals surface area contributed by atoms with Crippen LogP contribution in [0.2, 0.25) is 0 Å². The van der Waals surface area contributed by atoms with E-state index in [1.807, 2.05) is 0 Å². The second-order valence-electron chi connectivity index (χ2n) is 5.50. The Morgan fingerprint density at radius 1 is 1.22 bits per heavy atom. The van der Waals surface area contributed by atoms with Gasteiger partial charge in [-0.2, -0.15) is 0 Å². The van der Waals surface area contributed by atoms with Gasteiger partial charge in [-0.1, -0.05) is 37.3 Å². The number of nitrogens with zero attached hydrogens (tertiary/aromatic N) is 1. The van der Waals surface area contributed by atoms with Gasteiger partial charge in [-0.3, -0.25) is 9.69 Å². The number of carbonyl (C=O) groups excluding carboxylic acids is 1. The van der Waals surface area contributed by atoms with Gasteiger partial charge in [0.1, 0.15) is 5.78 Å². The minimum absolute atomic E-state index is 0.220. The first kappa shape index (κ1) is 13.3. The number of piperidine rings is 1. The van der Waals surface area contributed by atoms with Crippen LogP contribution in [0.5, 0.6) is 0 Å². The topological polar surface area (TPSA) is 20.3 Å². The summed E-state index contributed by atoms with van der Waals surface area (Å²) in [6, 6.07) is 11.0. The van der Waals surface area contributed by atoms with Crippen LogP contribution in [0.1, 0.15) is 32.3 Å². The highest BCUT2D eigenvalue weighted by molar-refractivity contribution is 5.82. The summed E-state index contributed by atoms with van der Waals surface area (Å²) in [5.74, 6) is 0.653. The summed E-state index contributed by atoms with van der Waals surface area (Å²) in [6.07, 6.45) is 3.04. The molecule has 2 rings (SSSR count). The van der Waals surface area contributed by atoms with E-state index in [2.05, 4.69) is 49.1 Å². The molecule has 1 fully saturated rings. The molecule has 2 unspecified atom stereocenters. The molecule has 0 aromatic heterocycles. The van der Waals surface area contributed by atoms with E-state index in [1.165, 1.54) is 12.0 Å². The summed E-state index contributed by atoms with van der Waals surface area (Å²) in [7, 11) is 0. The summed E-state index contributed by atoms with van der Waals surface area (Å²) < 4.78 is 0. The van der Waals surface area contributed by atoms with Gasteiger partial charge in [-0.15, -0.1) is 0 Å². The maximum Gasteiger partial charge on any atom is 0.138 e. The molecule has 1 heterocycles. The fraction of sp³-hybridized carbons (Fsp3) is 0.562. The minimum atomic E-state index is 0.220. The molecule has 0 radical (unpaired) electrons. The lowest BCUT2D eigenvalue weighted by Crippen LogP contribution is -2.45. The van der Waals surface area contributed by atoms with E-state index < -0.39 is 0 Å². The number of rotatable bonds is 4. The zero-order chi connectivity index (χ0) is 13.0. The molecule has 0 amide bonds. The summed E-state index contributed by atoms with van der Waals surface area (Å²) in [5, 5.41) is 0. The van der Waals surface area contributed by atoms with Gasteiger partial charge in [0, 0.05) is 24.9 Å². The van der Waals surface area contributed by atoms with Gasteiger partial charge in [0.2, 0.25) is 0 Å². The second kappa shape index (κ2) is 6.14. The molecule has 1 saturated heterocycles. The molecule has 0 bridgehead atoms. The third-order valence-corrected chi connectivity index (χ3v) is 3.93. The first-order valence-electron chi connectivity index (χ1n) is 6.97. The lowest BCUT2D eigenvalue weighted by molar-refractivity contribution is -0.127.